The van der Waals surface area contributed by atoms with Gasteiger partial charge in [-0.2, -0.15) is 4.98 Å². The van der Waals surface area contributed by atoms with Crippen LogP contribution in [0.5, 0.6) is 0 Å². The van der Waals surface area contributed by atoms with Gasteiger partial charge >= 0.3 is 0 Å². The van der Waals surface area contributed by atoms with Crippen LogP contribution in [-0.2, 0) is 20.2 Å². The maximum Gasteiger partial charge on any atom is 0.246 e. The second kappa shape index (κ2) is 9.13. The Morgan fingerprint density at radius 3 is 2.43 bits per heavy atom. The Morgan fingerprint density at radius 1 is 1.13 bits per heavy atom. The Labute approximate surface area is 177 Å². The zero-order chi connectivity index (χ0) is 21.8. The molecule has 0 aliphatic carbocycles. The first-order chi connectivity index (χ1) is 14.1. The van der Waals surface area contributed by atoms with Gasteiger partial charge in [-0.25, -0.2) is 18.2 Å². The van der Waals surface area contributed by atoms with Crippen molar-refractivity contribution in [3.05, 3.63) is 29.8 Å². The summed E-state index contributed by atoms with van der Waals surface area (Å²) in [5.41, 5.74) is 0.999. The van der Waals surface area contributed by atoms with Crippen molar-refractivity contribution in [2.24, 2.45) is 0 Å². The third kappa shape index (κ3) is 5.79. The summed E-state index contributed by atoms with van der Waals surface area (Å²) in [6.07, 6.45) is 3.41. The lowest BCUT2D eigenvalue weighted by Crippen LogP contribution is -2.30. The highest BCUT2D eigenvalue weighted by Crippen LogP contribution is 2.23. The molecule has 10 heteroatoms. The molecule has 0 atom stereocenters. The fraction of sp³-hybridized carbons (Fsp3) is 0.550. The van der Waals surface area contributed by atoms with Crippen LogP contribution >= 0.6 is 0 Å². The van der Waals surface area contributed by atoms with E-state index in [0.717, 1.165) is 31.5 Å². The molecule has 164 valence electrons. The highest BCUT2D eigenvalue weighted by atomic mass is 32.2. The zero-order valence-electron chi connectivity index (χ0n) is 17.7. The number of nitrogens with zero attached hydrogens (tertiary/aromatic N) is 3. The Bertz CT molecular complexity index is 957. The first kappa shape index (κ1) is 22.2. The predicted octanol–water partition coefficient (Wildman–Crippen LogP) is 2.40. The molecule has 9 nitrogen and oxygen atoms in total. The Hall–Kier alpha value is -2.46. The number of aromatic nitrogens is 3. The molecule has 2 heterocycles. The maximum atomic E-state index is 12.4. The van der Waals surface area contributed by atoms with Crippen LogP contribution in [-0.4, -0.2) is 49.1 Å². The van der Waals surface area contributed by atoms with Crippen molar-refractivity contribution in [3.8, 4) is 0 Å². The summed E-state index contributed by atoms with van der Waals surface area (Å²) in [6.45, 7) is 8.00. The molecule has 2 aromatic rings. The molecule has 0 bridgehead atoms. The molecule has 1 amide bonds. The number of sulfonamides is 1. The van der Waals surface area contributed by atoms with Crippen molar-refractivity contribution >= 4 is 27.8 Å². The zero-order valence-corrected chi connectivity index (χ0v) is 18.6. The number of amides is 1. The Balaban J connectivity index is 1.48. The highest BCUT2D eigenvalue weighted by Gasteiger charge is 2.19. The molecule has 1 aliphatic rings. The van der Waals surface area contributed by atoms with Gasteiger partial charge in [0.05, 0.1) is 4.90 Å². The maximum absolute atomic E-state index is 12.4. The smallest absolute Gasteiger partial charge is 0.246 e. The van der Waals surface area contributed by atoms with Gasteiger partial charge in [-0.3, -0.25) is 10.1 Å². The van der Waals surface area contributed by atoms with Gasteiger partial charge in [0.15, 0.2) is 0 Å². The topological polar surface area (TPSA) is 120 Å². The van der Waals surface area contributed by atoms with E-state index in [2.05, 4.69) is 50.9 Å². The summed E-state index contributed by atoms with van der Waals surface area (Å²) in [7, 11) is -3.67. The number of piperidine rings is 1. The van der Waals surface area contributed by atoms with E-state index in [1.807, 2.05) is 12.1 Å². The van der Waals surface area contributed by atoms with Crippen LogP contribution in [0.15, 0.2) is 29.2 Å². The third-order valence-corrected chi connectivity index (χ3v) is 6.52. The number of anilines is 2. The number of rotatable bonds is 7. The van der Waals surface area contributed by atoms with Crippen molar-refractivity contribution < 1.29 is 13.2 Å². The van der Waals surface area contributed by atoms with E-state index < -0.39 is 10.0 Å². The average molecular weight is 435 g/mol. The second-order valence-electron chi connectivity index (χ2n) is 8.50. The first-order valence-corrected chi connectivity index (χ1v) is 11.7. The molecule has 3 N–H and O–H groups in total. The number of hydrogen-bond donors (Lipinski definition) is 3. The molecule has 1 aromatic carbocycles. The lowest BCUT2D eigenvalue weighted by Gasteiger charge is -2.24. The van der Waals surface area contributed by atoms with Crippen molar-refractivity contribution in [3.63, 3.8) is 0 Å². The van der Waals surface area contributed by atoms with Gasteiger partial charge in [-0.1, -0.05) is 32.9 Å². The molecule has 3 rings (SSSR count). The number of carbonyl (C=O) groups excluding carboxylic acids is 1. The molecule has 1 aromatic heterocycles. The van der Waals surface area contributed by atoms with E-state index in [1.165, 1.54) is 6.42 Å². The van der Waals surface area contributed by atoms with Gasteiger partial charge < -0.3 is 4.90 Å². The van der Waals surface area contributed by atoms with Gasteiger partial charge in [0.25, 0.3) is 0 Å². The minimum atomic E-state index is -3.67. The van der Waals surface area contributed by atoms with Crippen LogP contribution in [0.1, 0.15) is 52.0 Å². The summed E-state index contributed by atoms with van der Waals surface area (Å²) in [6, 6.07) is 6.79. The van der Waals surface area contributed by atoms with Crippen LogP contribution in [0.25, 0.3) is 0 Å². The lowest BCUT2D eigenvalue weighted by atomic mass is 9.87. The van der Waals surface area contributed by atoms with Crippen LogP contribution in [0.2, 0.25) is 0 Å². The SMILES string of the molecule is CC(C)(C)c1ccc(S(=O)(=O)NCCC(=O)Nc2nc(N3CCCCC3)n[nH]2)cc1. The van der Waals surface area contributed by atoms with Crippen molar-refractivity contribution in [1.29, 1.82) is 0 Å². The van der Waals surface area contributed by atoms with Crippen LogP contribution < -0.4 is 14.9 Å². The number of aromatic amines is 1. The summed E-state index contributed by atoms with van der Waals surface area (Å²) < 4.78 is 27.3. The van der Waals surface area contributed by atoms with Gasteiger partial charge in [0.1, 0.15) is 0 Å². The average Bonchev–Trinajstić information content (AvgIpc) is 3.16. The molecule has 1 saturated heterocycles. The van der Waals surface area contributed by atoms with Crippen LogP contribution in [0.3, 0.4) is 0 Å². The molecular weight excluding hydrogens is 404 g/mol. The van der Waals surface area contributed by atoms with Crippen LogP contribution in [0.4, 0.5) is 11.9 Å². The van der Waals surface area contributed by atoms with Gasteiger partial charge in [0.2, 0.25) is 27.8 Å². The van der Waals surface area contributed by atoms with E-state index in [1.54, 1.807) is 12.1 Å². The van der Waals surface area contributed by atoms with Crippen molar-refractivity contribution in [2.45, 2.75) is 56.8 Å². The molecule has 0 radical (unpaired) electrons. The van der Waals surface area contributed by atoms with Gasteiger partial charge in [-0.15, -0.1) is 5.10 Å². The summed E-state index contributed by atoms with van der Waals surface area (Å²) >= 11 is 0. The third-order valence-electron chi connectivity index (χ3n) is 5.05. The summed E-state index contributed by atoms with van der Waals surface area (Å²) in [5.74, 6) is 0.493. The molecule has 0 spiro atoms. The minimum absolute atomic E-state index is 0.0116. The van der Waals surface area contributed by atoms with E-state index in [4.69, 9.17) is 0 Å². The van der Waals surface area contributed by atoms with Gasteiger partial charge in [0, 0.05) is 26.1 Å². The standard InChI is InChI=1S/C20H30N6O3S/c1-20(2,3)15-7-9-16(10-8-15)30(28,29)21-12-11-17(27)22-18-23-19(25-24-18)26-13-5-4-6-14-26/h7-10,21H,4-6,11-14H2,1-3H3,(H2,22,23,24,25,27). The second-order valence-corrected chi connectivity index (χ2v) is 10.3. The predicted molar refractivity (Wildman–Crippen MR) is 116 cm³/mol. The van der Waals surface area contributed by atoms with E-state index >= 15 is 0 Å². The van der Waals surface area contributed by atoms with Crippen molar-refractivity contribution in [1.82, 2.24) is 19.9 Å². The first-order valence-electron chi connectivity index (χ1n) is 10.2. The Kier molecular flexibility index (Phi) is 6.77. The molecule has 1 fully saturated rings. The molecular formula is C20H30N6O3S. The molecule has 1 aliphatic heterocycles. The summed E-state index contributed by atoms with van der Waals surface area (Å²) in [5, 5.41) is 9.47. The molecule has 30 heavy (non-hydrogen) atoms. The lowest BCUT2D eigenvalue weighted by molar-refractivity contribution is -0.116. The van der Waals surface area contributed by atoms with Gasteiger partial charge in [-0.05, 0) is 42.4 Å². The number of hydrogen-bond acceptors (Lipinski definition) is 6. The number of nitrogens with one attached hydrogen (secondary N) is 3. The number of H-pyrrole nitrogens is 1. The minimum Gasteiger partial charge on any atom is -0.340 e. The molecule has 0 saturated carbocycles. The van der Waals surface area contributed by atoms with E-state index in [-0.39, 0.29) is 35.1 Å². The quantitative estimate of drug-likeness (QED) is 0.615. The molecule has 0 unspecified atom stereocenters. The summed E-state index contributed by atoms with van der Waals surface area (Å²) in [4.78, 5) is 18.7. The fourth-order valence-corrected chi connectivity index (χ4v) is 4.29. The number of carbonyl (C=O) groups is 1. The monoisotopic (exact) mass is 434 g/mol. The normalized spacial score (nSPS) is 15.2. The van der Waals surface area contributed by atoms with E-state index in [0.29, 0.717) is 5.95 Å². The Morgan fingerprint density at radius 2 is 1.80 bits per heavy atom. The van der Waals surface area contributed by atoms with E-state index in [9.17, 15) is 13.2 Å². The van der Waals surface area contributed by atoms with Crippen molar-refractivity contribution in [2.75, 3.05) is 29.9 Å². The number of benzene rings is 1. The highest BCUT2D eigenvalue weighted by molar-refractivity contribution is 7.89. The largest absolute Gasteiger partial charge is 0.340 e. The fourth-order valence-electron chi connectivity index (χ4n) is 3.26. The van der Waals surface area contributed by atoms with Crippen LogP contribution in [0, 0.1) is 0 Å².